The van der Waals surface area contributed by atoms with E-state index in [1.54, 1.807) is 13.4 Å². The highest BCUT2D eigenvalue weighted by Crippen LogP contribution is 2.38. The van der Waals surface area contributed by atoms with Crippen LogP contribution in [0.2, 0.25) is 0 Å². The van der Waals surface area contributed by atoms with E-state index in [2.05, 4.69) is 39.1 Å². The van der Waals surface area contributed by atoms with E-state index in [1.165, 1.54) is 11.3 Å². The zero-order chi connectivity index (χ0) is 15.1. The Labute approximate surface area is 128 Å². The quantitative estimate of drug-likeness (QED) is 0.736. The molecular weight excluding hydrogens is 276 g/mol. The summed E-state index contributed by atoms with van der Waals surface area (Å²) < 4.78 is 5.28. The molecule has 2 heterocycles. The molecule has 3 aromatic rings. The first kappa shape index (κ1) is 12.9. The molecule has 110 valence electrons. The van der Waals surface area contributed by atoms with Crippen LogP contribution in [-0.2, 0) is 6.42 Å². The Hall–Kier alpha value is -2.82. The van der Waals surface area contributed by atoms with Crippen LogP contribution in [0.15, 0.2) is 42.7 Å². The summed E-state index contributed by atoms with van der Waals surface area (Å²) in [7, 11) is 1.61. The van der Waals surface area contributed by atoms with Crippen molar-refractivity contribution in [2.24, 2.45) is 0 Å². The first-order valence-electron chi connectivity index (χ1n) is 7.21. The molecule has 0 saturated heterocycles. The normalized spacial score (nSPS) is 13.4. The van der Waals surface area contributed by atoms with E-state index in [0.717, 1.165) is 29.7 Å². The minimum Gasteiger partial charge on any atom is -0.495 e. The van der Waals surface area contributed by atoms with Crippen LogP contribution in [-0.4, -0.2) is 23.6 Å². The number of fused-ring (bicyclic) bond motifs is 2. The third-order valence-corrected chi connectivity index (χ3v) is 4.11. The van der Waals surface area contributed by atoms with Crippen molar-refractivity contribution in [1.82, 2.24) is 9.97 Å². The van der Waals surface area contributed by atoms with Crippen LogP contribution in [0.3, 0.4) is 0 Å². The van der Waals surface area contributed by atoms with Crippen molar-refractivity contribution in [3.8, 4) is 5.75 Å². The second-order valence-electron chi connectivity index (χ2n) is 5.34. The molecule has 5 heteroatoms. The Balaban J connectivity index is 1.91. The maximum absolute atomic E-state index is 6.06. The van der Waals surface area contributed by atoms with Crippen LogP contribution in [0.25, 0.3) is 10.9 Å². The molecule has 0 saturated carbocycles. The van der Waals surface area contributed by atoms with Crippen molar-refractivity contribution >= 4 is 28.1 Å². The van der Waals surface area contributed by atoms with Gasteiger partial charge in [-0.1, -0.05) is 18.2 Å². The maximum atomic E-state index is 6.06. The monoisotopic (exact) mass is 292 g/mol. The van der Waals surface area contributed by atoms with E-state index in [0.29, 0.717) is 11.4 Å². The third-order valence-electron chi connectivity index (χ3n) is 4.11. The molecule has 2 aromatic carbocycles. The summed E-state index contributed by atoms with van der Waals surface area (Å²) >= 11 is 0. The molecule has 22 heavy (non-hydrogen) atoms. The average Bonchev–Trinajstić information content (AvgIpc) is 2.97. The van der Waals surface area contributed by atoms with Gasteiger partial charge in [-0.25, -0.2) is 9.97 Å². The van der Waals surface area contributed by atoms with Gasteiger partial charge in [-0.05, 0) is 24.1 Å². The number of rotatable bonds is 2. The Morgan fingerprint density at radius 1 is 1.18 bits per heavy atom. The molecule has 0 aliphatic carbocycles. The molecule has 0 bridgehead atoms. The molecule has 0 fully saturated rings. The van der Waals surface area contributed by atoms with E-state index in [4.69, 9.17) is 10.5 Å². The van der Waals surface area contributed by atoms with Crippen LogP contribution in [0.1, 0.15) is 5.56 Å². The van der Waals surface area contributed by atoms with Gasteiger partial charge in [0.15, 0.2) is 0 Å². The molecule has 4 rings (SSSR count). The number of hydrogen-bond acceptors (Lipinski definition) is 5. The zero-order valence-electron chi connectivity index (χ0n) is 12.3. The summed E-state index contributed by atoms with van der Waals surface area (Å²) in [5.74, 6) is 1.53. The number of nitrogens with zero attached hydrogens (tertiary/aromatic N) is 3. The minimum absolute atomic E-state index is 0.596. The smallest absolute Gasteiger partial charge is 0.144 e. The molecular formula is C17H16N4O. The largest absolute Gasteiger partial charge is 0.495 e. The van der Waals surface area contributed by atoms with Crippen LogP contribution < -0.4 is 15.4 Å². The van der Waals surface area contributed by atoms with Gasteiger partial charge in [0.2, 0.25) is 0 Å². The number of aromatic nitrogens is 2. The summed E-state index contributed by atoms with van der Waals surface area (Å²) in [6.07, 6.45) is 2.61. The van der Waals surface area contributed by atoms with Crippen LogP contribution in [0.4, 0.5) is 17.2 Å². The van der Waals surface area contributed by atoms with Crippen LogP contribution in [0, 0.1) is 0 Å². The van der Waals surface area contributed by atoms with E-state index in [9.17, 15) is 0 Å². The number of anilines is 3. The minimum atomic E-state index is 0.596. The number of para-hydroxylation sites is 1. The van der Waals surface area contributed by atoms with Crippen molar-refractivity contribution in [2.75, 3.05) is 24.3 Å². The first-order chi connectivity index (χ1) is 10.8. The SMILES string of the molecule is COc1cc2ncnc(N3CCc4ccccc43)c2cc1N. The van der Waals surface area contributed by atoms with Gasteiger partial charge in [-0.3, -0.25) is 0 Å². The van der Waals surface area contributed by atoms with Crippen LogP contribution in [0.5, 0.6) is 5.75 Å². The fraction of sp³-hybridized carbons (Fsp3) is 0.176. The second-order valence-corrected chi connectivity index (χ2v) is 5.34. The number of methoxy groups -OCH3 is 1. The van der Waals surface area contributed by atoms with E-state index in [1.807, 2.05) is 12.1 Å². The van der Waals surface area contributed by atoms with Crippen molar-refractivity contribution in [2.45, 2.75) is 6.42 Å². The number of ether oxygens (including phenoxy) is 1. The molecule has 0 amide bonds. The van der Waals surface area contributed by atoms with Gasteiger partial charge in [0, 0.05) is 23.7 Å². The lowest BCUT2D eigenvalue weighted by atomic mass is 10.1. The molecule has 0 radical (unpaired) electrons. The van der Waals surface area contributed by atoms with E-state index in [-0.39, 0.29) is 0 Å². The Morgan fingerprint density at radius 3 is 2.91 bits per heavy atom. The van der Waals surface area contributed by atoms with Gasteiger partial charge < -0.3 is 15.4 Å². The zero-order valence-corrected chi connectivity index (χ0v) is 12.3. The van der Waals surface area contributed by atoms with Gasteiger partial charge in [0.1, 0.15) is 17.9 Å². The molecule has 5 nitrogen and oxygen atoms in total. The fourth-order valence-corrected chi connectivity index (χ4v) is 3.04. The summed E-state index contributed by atoms with van der Waals surface area (Å²) in [4.78, 5) is 11.1. The average molecular weight is 292 g/mol. The van der Waals surface area contributed by atoms with E-state index >= 15 is 0 Å². The standard InChI is InChI=1S/C17H16N4O/c1-22-16-9-14-12(8-13(16)18)17(20-10-19-14)21-7-6-11-4-2-3-5-15(11)21/h2-5,8-10H,6-7,18H2,1H3. The second kappa shape index (κ2) is 4.87. The molecule has 2 N–H and O–H groups in total. The highest BCUT2D eigenvalue weighted by atomic mass is 16.5. The molecule has 0 spiro atoms. The molecule has 0 unspecified atom stereocenters. The summed E-state index contributed by atoms with van der Waals surface area (Å²) in [5.41, 5.74) is 10.0. The van der Waals surface area contributed by atoms with Crippen molar-refractivity contribution in [3.63, 3.8) is 0 Å². The molecule has 1 aliphatic heterocycles. The molecule has 0 atom stereocenters. The van der Waals surface area contributed by atoms with Crippen molar-refractivity contribution in [1.29, 1.82) is 0 Å². The van der Waals surface area contributed by atoms with Crippen molar-refractivity contribution < 1.29 is 4.74 Å². The number of nitrogen functional groups attached to an aromatic ring is 1. The first-order valence-corrected chi connectivity index (χ1v) is 7.21. The predicted octanol–water partition coefficient (Wildman–Crippen LogP) is 2.91. The van der Waals surface area contributed by atoms with Crippen LogP contribution >= 0.6 is 0 Å². The van der Waals surface area contributed by atoms with Gasteiger partial charge in [0.25, 0.3) is 0 Å². The highest BCUT2D eigenvalue weighted by Gasteiger charge is 2.23. The summed E-state index contributed by atoms with van der Waals surface area (Å²) in [5, 5.41) is 0.942. The topological polar surface area (TPSA) is 64.3 Å². The number of nitrogens with two attached hydrogens (primary N) is 1. The predicted molar refractivity (Wildman–Crippen MR) is 87.7 cm³/mol. The number of benzene rings is 2. The van der Waals surface area contributed by atoms with Gasteiger partial charge in [-0.15, -0.1) is 0 Å². The molecule has 1 aromatic heterocycles. The lowest BCUT2D eigenvalue weighted by Gasteiger charge is -2.20. The van der Waals surface area contributed by atoms with Gasteiger partial charge >= 0.3 is 0 Å². The van der Waals surface area contributed by atoms with E-state index < -0.39 is 0 Å². The third kappa shape index (κ3) is 1.86. The van der Waals surface area contributed by atoms with Gasteiger partial charge in [-0.2, -0.15) is 0 Å². The fourth-order valence-electron chi connectivity index (χ4n) is 3.04. The lowest BCUT2D eigenvalue weighted by molar-refractivity contribution is 0.417. The Morgan fingerprint density at radius 2 is 2.05 bits per heavy atom. The summed E-state index contributed by atoms with van der Waals surface area (Å²) in [6, 6.07) is 12.2. The van der Waals surface area contributed by atoms with Gasteiger partial charge in [0.05, 0.1) is 18.3 Å². The molecule has 1 aliphatic rings. The maximum Gasteiger partial charge on any atom is 0.144 e. The Kier molecular flexibility index (Phi) is 2.85. The Bertz CT molecular complexity index is 862. The number of hydrogen-bond donors (Lipinski definition) is 1. The van der Waals surface area contributed by atoms with Crippen molar-refractivity contribution in [3.05, 3.63) is 48.3 Å². The lowest BCUT2D eigenvalue weighted by Crippen LogP contribution is -2.15. The summed E-state index contributed by atoms with van der Waals surface area (Å²) in [6.45, 7) is 0.914. The highest BCUT2D eigenvalue weighted by molar-refractivity contribution is 5.95.